The quantitative estimate of drug-likeness (QED) is 0.708. The Hall–Kier alpha value is -3.67. The first-order valence-corrected chi connectivity index (χ1v) is 9.32. The van der Waals surface area contributed by atoms with Gasteiger partial charge in [-0.3, -0.25) is 9.69 Å². The number of aromatic nitrogens is 1. The van der Waals surface area contributed by atoms with Crippen molar-refractivity contribution in [1.82, 2.24) is 4.98 Å². The number of hydrogen-bond donors (Lipinski definition) is 1. The van der Waals surface area contributed by atoms with E-state index in [0.29, 0.717) is 5.69 Å². The second-order valence-corrected chi connectivity index (χ2v) is 6.92. The molecule has 0 saturated heterocycles. The fourth-order valence-electron chi connectivity index (χ4n) is 3.73. The van der Waals surface area contributed by atoms with Crippen LogP contribution in [0.3, 0.4) is 0 Å². The summed E-state index contributed by atoms with van der Waals surface area (Å²) in [5, 5.41) is 9.23. The van der Waals surface area contributed by atoms with Gasteiger partial charge in [-0.15, -0.1) is 0 Å². The molecule has 4 rings (SSSR count). The normalized spacial score (nSPS) is 12.2. The number of aryl methyl sites for hydroxylation is 1. The summed E-state index contributed by atoms with van der Waals surface area (Å²) in [6.45, 7) is 1.38. The summed E-state index contributed by atoms with van der Waals surface area (Å²) < 4.78 is 5.58. The van der Waals surface area contributed by atoms with Crippen LogP contribution in [-0.2, 0) is 9.53 Å². The number of ether oxygens (including phenoxy) is 1. The third-order valence-electron chi connectivity index (χ3n) is 5.00. The number of hydrogen-bond acceptors (Lipinski definition) is 4. The van der Waals surface area contributed by atoms with E-state index in [1.807, 2.05) is 36.4 Å². The van der Waals surface area contributed by atoms with Crippen molar-refractivity contribution < 1.29 is 19.4 Å². The molecule has 1 aliphatic rings. The smallest absolute Gasteiger partial charge is 0.416 e. The Bertz CT molecular complexity index is 1030. The first kappa shape index (κ1) is 18.7. The molecule has 2 aromatic carbocycles. The molecule has 1 aromatic heterocycles. The summed E-state index contributed by atoms with van der Waals surface area (Å²) in [6, 6.07) is 21.2. The average Bonchev–Trinajstić information content (AvgIpc) is 3.04. The van der Waals surface area contributed by atoms with Crippen LogP contribution in [0.2, 0.25) is 0 Å². The fourth-order valence-corrected chi connectivity index (χ4v) is 3.73. The lowest BCUT2D eigenvalue weighted by Crippen LogP contribution is -2.37. The molecule has 1 N–H and O–H groups in total. The molecular formula is C23H20N2O4. The first-order chi connectivity index (χ1) is 14.0. The van der Waals surface area contributed by atoms with Crippen LogP contribution in [-0.4, -0.2) is 35.3 Å². The summed E-state index contributed by atoms with van der Waals surface area (Å²) in [5.74, 6) is -0.977. The molecule has 0 radical (unpaired) electrons. The number of pyridine rings is 1. The summed E-state index contributed by atoms with van der Waals surface area (Å²) in [6.07, 6.45) is -0.729. The fraction of sp³-hybridized carbons (Fsp3) is 0.174. The second-order valence-electron chi connectivity index (χ2n) is 6.92. The van der Waals surface area contributed by atoms with Gasteiger partial charge in [0.1, 0.15) is 19.0 Å². The number of aliphatic carboxylic acids is 1. The standard InChI is InChI=1S/C23H20N2O4/c1-15-7-6-12-21(24-15)25(13-22(26)27)23(28)29-14-20-18-10-4-2-8-16(18)17-9-3-5-11-19(17)20/h2-12,20H,13-14H2,1H3,(H,26,27). The van der Waals surface area contributed by atoms with Gasteiger partial charge in [-0.1, -0.05) is 54.6 Å². The monoisotopic (exact) mass is 388 g/mol. The van der Waals surface area contributed by atoms with Crippen LogP contribution in [0.1, 0.15) is 22.7 Å². The zero-order chi connectivity index (χ0) is 20.4. The van der Waals surface area contributed by atoms with Gasteiger partial charge >= 0.3 is 12.1 Å². The van der Waals surface area contributed by atoms with E-state index in [0.717, 1.165) is 27.2 Å². The zero-order valence-electron chi connectivity index (χ0n) is 15.9. The lowest BCUT2D eigenvalue weighted by Gasteiger charge is -2.21. The van der Waals surface area contributed by atoms with Crippen LogP contribution >= 0.6 is 0 Å². The maximum absolute atomic E-state index is 12.8. The van der Waals surface area contributed by atoms with Crippen LogP contribution in [0.4, 0.5) is 10.6 Å². The predicted molar refractivity (Wildman–Crippen MR) is 109 cm³/mol. The van der Waals surface area contributed by atoms with Crippen molar-refractivity contribution in [3.63, 3.8) is 0 Å². The van der Waals surface area contributed by atoms with E-state index in [-0.39, 0.29) is 18.3 Å². The van der Waals surface area contributed by atoms with Crippen LogP contribution in [0.25, 0.3) is 11.1 Å². The molecule has 3 aromatic rings. The summed E-state index contributed by atoms with van der Waals surface area (Å²) in [4.78, 5) is 29.4. The Balaban J connectivity index is 1.57. The molecule has 0 saturated carbocycles. The molecular weight excluding hydrogens is 368 g/mol. The highest BCUT2D eigenvalue weighted by atomic mass is 16.6. The van der Waals surface area contributed by atoms with E-state index in [4.69, 9.17) is 4.74 Å². The Labute approximate surface area is 168 Å². The van der Waals surface area contributed by atoms with Gasteiger partial charge in [0.05, 0.1) is 0 Å². The number of benzene rings is 2. The summed E-state index contributed by atoms with van der Waals surface area (Å²) >= 11 is 0. The van der Waals surface area contributed by atoms with E-state index >= 15 is 0 Å². The Morgan fingerprint density at radius 3 is 2.17 bits per heavy atom. The summed E-state index contributed by atoms with van der Waals surface area (Å²) in [5.41, 5.74) is 5.14. The maximum Gasteiger partial charge on any atom is 0.416 e. The molecule has 0 fully saturated rings. The van der Waals surface area contributed by atoms with E-state index in [9.17, 15) is 14.7 Å². The number of carboxylic acids is 1. The predicted octanol–water partition coefficient (Wildman–Crippen LogP) is 4.23. The lowest BCUT2D eigenvalue weighted by atomic mass is 9.98. The van der Waals surface area contributed by atoms with Crippen LogP contribution < -0.4 is 4.90 Å². The number of anilines is 1. The van der Waals surface area contributed by atoms with Crippen LogP contribution in [0.5, 0.6) is 0 Å². The molecule has 146 valence electrons. The number of carboxylic acid groups (broad SMARTS) is 1. The molecule has 29 heavy (non-hydrogen) atoms. The third-order valence-corrected chi connectivity index (χ3v) is 5.00. The van der Waals surface area contributed by atoms with Crippen molar-refractivity contribution in [3.8, 4) is 11.1 Å². The zero-order valence-corrected chi connectivity index (χ0v) is 15.9. The molecule has 6 nitrogen and oxygen atoms in total. The highest BCUT2D eigenvalue weighted by molar-refractivity contribution is 5.92. The van der Waals surface area contributed by atoms with Crippen molar-refractivity contribution >= 4 is 17.9 Å². The molecule has 0 bridgehead atoms. The molecule has 0 unspecified atom stereocenters. The van der Waals surface area contributed by atoms with Crippen molar-refractivity contribution in [2.24, 2.45) is 0 Å². The van der Waals surface area contributed by atoms with Gasteiger partial charge in [0, 0.05) is 11.6 Å². The number of amides is 1. The van der Waals surface area contributed by atoms with Crippen molar-refractivity contribution in [2.45, 2.75) is 12.8 Å². The number of rotatable bonds is 5. The minimum absolute atomic E-state index is 0.0940. The molecule has 0 spiro atoms. The van der Waals surface area contributed by atoms with Gasteiger partial charge in [-0.25, -0.2) is 9.78 Å². The van der Waals surface area contributed by atoms with Crippen molar-refractivity contribution in [3.05, 3.63) is 83.6 Å². The lowest BCUT2D eigenvalue weighted by molar-refractivity contribution is -0.135. The van der Waals surface area contributed by atoms with E-state index in [1.165, 1.54) is 0 Å². The molecule has 0 atom stereocenters. The van der Waals surface area contributed by atoms with Gasteiger partial charge in [0.25, 0.3) is 0 Å². The Morgan fingerprint density at radius 1 is 0.966 bits per heavy atom. The largest absolute Gasteiger partial charge is 0.480 e. The highest BCUT2D eigenvalue weighted by Gasteiger charge is 2.30. The summed E-state index contributed by atoms with van der Waals surface area (Å²) in [7, 11) is 0. The average molecular weight is 388 g/mol. The first-order valence-electron chi connectivity index (χ1n) is 9.32. The van der Waals surface area contributed by atoms with Gasteiger partial charge in [-0.05, 0) is 41.3 Å². The SMILES string of the molecule is Cc1cccc(N(CC(=O)O)C(=O)OCC2c3ccccc3-c3ccccc32)n1. The number of nitrogens with zero attached hydrogens (tertiary/aromatic N) is 2. The number of carbonyl (C=O) groups excluding carboxylic acids is 1. The van der Waals surface area contributed by atoms with Crippen molar-refractivity contribution in [2.75, 3.05) is 18.1 Å². The molecule has 1 amide bonds. The Morgan fingerprint density at radius 2 is 1.59 bits per heavy atom. The molecule has 1 heterocycles. The van der Waals surface area contributed by atoms with Gasteiger partial charge < -0.3 is 9.84 Å². The van der Waals surface area contributed by atoms with Gasteiger partial charge in [-0.2, -0.15) is 0 Å². The van der Waals surface area contributed by atoms with Crippen LogP contribution in [0.15, 0.2) is 66.7 Å². The molecule has 6 heteroatoms. The van der Waals surface area contributed by atoms with Gasteiger partial charge in [0.2, 0.25) is 0 Å². The topological polar surface area (TPSA) is 79.7 Å². The second kappa shape index (κ2) is 7.75. The van der Waals surface area contributed by atoms with E-state index in [2.05, 4.69) is 17.1 Å². The molecule has 1 aliphatic carbocycles. The van der Waals surface area contributed by atoms with E-state index < -0.39 is 18.6 Å². The molecule has 0 aliphatic heterocycles. The maximum atomic E-state index is 12.8. The number of fused-ring (bicyclic) bond motifs is 3. The van der Waals surface area contributed by atoms with Crippen molar-refractivity contribution in [1.29, 1.82) is 0 Å². The Kier molecular flexibility index (Phi) is 4.99. The van der Waals surface area contributed by atoms with Crippen LogP contribution in [0, 0.1) is 6.92 Å². The minimum Gasteiger partial charge on any atom is -0.480 e. The third kappa shape index (κ3) is 3.69. The highest BCUT2D eigenvalue weighted by Crippen LogP contribution is 2.44. The minimum atomic E-state index is -1.14. The number of carbonyl (C=O) groups is 2. The van der Waals surface area contributed by atoms with Gasteiger partial charge in [0.15, 0.2) is 0 Å². The van der Waals surface area contributed by atoms with E-state index in [1.54, 1.807) is 25.1 Å².